The number of sulfonamides is 1. The smallest absolute Gasteiger partial charge is 0.241 e. The Bertz CT molecular complexity index is 513. The molecule has 0 aliphatic rings. The van der Waals surface area contributed by atoms with Crippen molar-refractivity contribution in [2.75, 3.05) is 6.54 Å². The van der Waals surface area contributed by atoms with Crippen molar-refractivity contribution >= 4 is 10.0 Å². The fourth-order valence-electron chi connectivity index (χ4n) is 1.87. The summed E-state index contributed by atoms with van der Waals surface area (Å²) in [5, 5.41) is 0. The maximum absolute atomic E-state index is 13.5. The summed E-state index contributed by atoms with van der Waals surface area (Å²) in [6.07, 6.45) is 1.79. The lowest BCUT2D eigenvalue weighted by Gasteiger charge is -2.15. The van der Waals surface area contributed by atoms with Gasteiger partial charge in [-0.05, 0) is 18.1 Å². The van der Waals surface area contributed by atoms with E-state index in [4.69, 9.17) is 5.73 Å². The van der Waals surface area contributed by atoms with Gasteiger partial charge in [-0.15, -0.1) is 0 Å². The largest absolute Gasteiger partial charge is 0.326 e. The van der Waals surface area contributed by atoms with Crippen LogP contribution in [-0.2, 0) is 16.6 Å². The summed E-state index contributed by atoms with van der Waals surface area (Å²) in [6.45, 7) is 4.23. The summed E-state index contributed by atoms with van der Waals surface area (Å²) < 4.78 is 40.4. The van der Waals surface area contributed by atoms with Crippen LogP contribution < -0.4 is 10.5 Å². The zero-order valence-corrected chi connectivity index (χ0v) is 12.1. The number of hydrogen-bond donors (Lipinski definition) is 2. The maximum atomic E-state index is 13.5. The van der Waals surface area contributed by atoms with Gasteiger partial charge in [-0.25, -0.2) is 17.5 Å². The summed E-state index contributed by atoms with van der Waals surface area (Å²) in [4.78, 5) is -0.0686. The molecule has 0 aromatic heterocycles. The lowest BCUT2D eigenvalue weighted by Crippen LogP contribution is -2.30. The third kappa shape index (κ3) is 3.99. The molecule has 3 N–H and O–H groups in total. The van der Waals surface area contributed by atoms with Crippen LogP contribution in [0.15, 0.2) is 23.1 Å². The van der Waals surface area contributed by atoms with E-state index < -0.39 is 15.8 Å². The van der Waals surface area contributed by atoms with Crippen molar-refractivity contribution in [1.29, 1.82) is 0 Å². The molecule has 19 heavy (non-hydrogen) atoms. The van der Waals surface area contributed by atoms with Gasteiger partial charge >= 0.3 is 0 Å². The van der Waals surface area contributed by atoms with Crippen molar-refractivity contribution in [3.05, 3.63) is 29.6 Å². The lowest BCUT2D eigenvalue weighted by atomic mass is 10.0. The molecule has 0 atom stereocenters. The minimum atomic E-state index is -3.71. The Morgan fingerprint density at radius 3 is 2.47 bits per heavy atom. The highest BCUT2D eigenvalue weighted by Crippen LogP contribution is 2.18. The van der Waals surface area contributed by atoms with Crippen LogP contribution in [0.4, 0.5) is 4.39 Å². The average Bonchev–Trinajstić information content (AvgIpc) is 2.39. The molecule has 0 aliphatic heterocycles. The van der Waals surface area contributed by atoms with Crippen LogP contribution in [0, 0.1) is 11.7 Å². The molecule has 6 heteroatoms. The average molecular weight is 288 g/mol. The summed E-state index contributed by atoms with van der Waals surface area (Å²) >= 11 is 0. The predicted octanol–water partition coefficient (Wildman–Crippen LogP) is 2.00. The van der Waals surface area contributed by atoms with Crippen molar-refractivity contribution in [2.45, 2.75) is 38.1 Å². The fraction of sp³-hybridized carbons (Fsp3) is 0.538. The molecule has 0 saturated heterocycles. The van der Waals surface area contributed by atoms with Crippen molar-refractivity contribution in [3.8, 4) is 0 Å². The van der Waals surface area contributed by atoms with Gasteiger partial charge in [-0.3, -0.25) is 0 Å². The van der Waals surface area contributed by atoms with Crippen LogP contribution in [0.5, 0.6) is 0 Å². The van der Waals surface area contributed by atoms with Crippen LogP contribution in [0.25, 0.3) is 0 Å². The standard InChI is InChI=1S/C13H21FN2O2S/c1-3-10(4-2)9-16-19(17,18)13-7-5-6-12(14)11(13)8-15/h5-7,10,16H,3-4,8-9,15H2,1-2H3. The van der Waals surface area contributed by atoms with Gasteiger partial charge in [0.1, 0.15) is 5.82 Å². The van der Waals surface area contributed by atoms with E-state index >= 15 is 0 Å². The van der Waals surface area contributed by atoms with Crippen LogP contribution in [-0.4, -0.2) is 15.0 Å². The number of nitrogens with one attached hydrogen (secondary N) is 1. The second kappa shape index (κ2) is 6.98. The van der Waals surface area contributed by atoms with Crippen molar-refractivity contribution in [2.24, 2.45) is 11.7 Å². The van der Waals surface area contributed by atoms with Gasteiger partial charge in [0.05, 0.1) is 4.90 Å². The molecule has 0 radical (unpaired) electrons. The number of halogens is 1. The zero-order chi connectivity index (χ0) is 14.5. The van der Waals surface area contributed by atoms with Gasteiger partial charge in [-0.1, -0.05) is 32.8 Å². The molecule has 0 heterocycles. The van der Waals surface area contributed by atoms with E-state index in [-0.39, 0.29) is 22.9 Å². The Morgan fingerprint density at radius 1 is 1.32 bits per heavy atom. The topological polar surface area (TPSA) is 72.2 Å². The highest BCUT2D eigenvalue weighted by molar-refractivity contribution is 7.89. The van der Waals surface area contributed by atoms with Crippen LogP contribution >= 0.6 is 0 Å². The molecule has 4 nitrogen and oxygen atoms in total. The summed E-state index contributed by atoms with van der Waals surface area (Å²) in [7, 11) is -3.71. The van der Waals surface area contributed by atoms with E-state index in [0.29, 0.717) is 6.54 Å². The van der Waals surface area contributed by atoms with E-state index in [9.17, 15) is 12.8 Å². The highest BCUT2D eigenvalue weighted by Gasteiger charge is 2.20. The minimum Gasteiger partial charge on any atom is -0.326 e. The number of benzene rings is 1. The first-order valence-corrected chi connectivity index (χ1v) is 7.91. The van der Waals surface area contributed by atoms with Crippen molar-refractivity contribution in [3.63, 3.8) is 0 Å². The first kappa shape index (κ1) is 16.1. The third-order valence-electron chi connectivity index (χ3n) is 3.29. The molecule has 0 spiro atoms. The summed E-state index contributed by atoms with van der Waals surface area (Å²) in [6, 6.07) is 3.96. The van der Waals surface area contributed by atoms with Gasteiger partial charge in [0.25, 0.3) is 0 Å². The Balaban J connectivity index is 2.98. The van der Waals surface area contributed by atoms with Crippen LogP contribution in [0.3, 0.4) is 0 Å². The SMILES string of the molecule is CCC(CC)CNS(=O)(=O)c1cccc(F)c1CN. The number of hydrogen-bond acceptors (Lipinski definition) is 3. The van der Waals surface area contributed by atoms with E-state index in [1.807, 2.05) is 13.8 Å². The van der Waals surface area contributed by atoms with Gasteiger partial charge in [0, 0.05) is 18.7 Å². The molecule has 108 valence electrons. The molecule has 0 amide bonds. The highest BCUT2D eigenvalue weighted by atomic mass is 32.2. The molecule has 0 fully saturated rings. The predicted molar refractivity (Wildman–Crippen MR) is 73.6 cm³/mol. The van der Waals surface area contributed by atoms with Gasteiger partial charge in [0.15, 0.2) is 0 Å². The number of rotatable bonds is 7. The Kier molecular flexibility index (Phi) is 5.90. The second-order valence-corrected chi connectivity index (χ2v) is 6.19. The first-order valence-electron chi connectivity index (χ1n) is 6.43. The van der Waals surface area contributed by atoms with E-state index in [1.54, 1.807) is 0 Å². The molecule has 1 rings (SSSR count). The van der Waals surface area contributed by atoms with Crippen LogP contribution in [0.1, 0.15) is 32.3 Å². The van der Waals surface area contributed by atoms with E-state index in [0.717, 1.165) is 12.8 Å². The monoisotopic (exact) mass is 288 g/mol. The van der Waals surface area contributed by atoms with Crippen molar-refractivity contribution in [1.82, 2.24) is 4.72 Å². The number of nitrogens with two attached hydrogens (primary N) is 1. The lowest BCUT2D eigenvalue weighted by molar-refractivity contribution is 0.478. The van der Waals surface area contributed by atoms with E-state index in [2.05, 4.69) is 4.72 Å². The van der Waals surface area contributed by atoms with Gasteiger partial charge in [0.2, 0.25) is 10.0 Å². The van der Waals surface area contributed by atoms with E-state index in [1.165, 1.54) is 18.2 Å². The summed E-state index contributed by atoms with van der Waals surface area (Å²) in [5.41, 5.74) is 5.45. The molecular formula is C13H21FN2O2S. The maximum Gasteiger partial charge on any atom is 0.241 e. The second-order valence-electron chi connectivity index (χ2n) is 4.46. The molecule has 0 unspecified atom stereocenters. The molecule has 0 aliphatic carbocycles. The molecule has 0 saturated carbocycles. The molecule has 1 aromatic rings. The first-order chi connectivity index (χ1) is 8.96. The molecule has 0 bridgehead atoms. The van der Waals surface area contributed by atoms with Crippen molar-refractivity contribution < 1.29 is 12.8 Å². The zero-order valence-electron chi connectivity index (χ0n) is 11.3. The Hall–Kier alpha value is -0.980. The third-order valence-corrected chi connectivity index (χ3v) is 4.79. The fourth-order valence-corrected chi connectivity index (χ4v) is 3.24. The van der Waals surface area contributed by atoms with Crippen LogP contribution in [0.2, 0.25) is 0 Å². The summed E-state index contributed by atoms with van der Waals surface area (Å²) in [5.74, 6) is -0.308. The van der Waals surface area contributed by atoms with Gasteiger partial charge < -0.3 is 5.73 Å². The molecule has 1 aromatic carbocycles. The normalized spacial score (nSPS) is 12.1. The quantitative estimate of drug-likeness (QED) is 0.806. The Labute approximate surface area is 114 Å². The molecular weight excluding hydrogens is 267 g/mol. The Morgan fingerprint density at radius 2 is 1.95 bits per heavy atom. The van der Waals surface area contributed by atoms with Gasteiger partial charge in [-0.2, -0.15) is 0 Å². The minimum absolute atomic E-state index is 0.0274.